The quantitative estimate of drug-likeness (QED) is 0.866. The van der Waals surface area contributed by atoms with E-state index in [-0.39, 0.29) is 12.0 Å². The summed E-state index contributed by atoms with van der Waals surface area (Å²) in [6, 6.07) is 3.59. The number of nitrogens with two attached hydrogens (primary N) is 1. The van der Waals surface area contributed by atoms with Gasteiger partial charge in [-0.2, -0.15) is 0 Å². The summed E-state index contributed by atoms with van der Waals surface area (Å²) in [5.41, 5.74) is 6.92. The van der Waals surface area contributed by atoms with Crippen LogP contribution < -0.4 is 5.73 Å². The summed E-state index contributed by atoms with van der Waals surface area (Å²) >= 11 is 0. The Labute approximate surface area is 113 Å². The maximum absolute atomic E-state index is 12.3. The molecule has 0 aliphatic carbocycles. The van der Waals surface area contributed by atoms with Crippen molar-refractivity contribution in [1.29, 1.82) is 0 Å². The molecule has 104 valence electrons. The first-order chi connectivity index (χ1) is 9.24. The number of amides is 1. The van der Waals surface area contributed by atoms with Crippen LogP contribution in [0, 0.1) is 0 Å². The number of pyridine rings is 1. The van der Waals surface area contributed by atoms with Gasteiger partial charge in [0, 0.05) is 32.4 Å². The van der Waals surface area contributed by atoms with Crippen molar-refractivity contribution in [2.75, 3.05) is 19.7 Å². The van der Waals surface area contributed by atoms with Gasteiger partial charge in [0.25, 0.3) is 5.91 Å². The minimum atomic E-state index is -0.0402. The average molecular weight is 263 g/mol. The van der Waals surface area contributed by atoms with E-state index in [2.05, 4.69) is 4.98 Å². The largest absolute Gasteiger partial charge is 0.376 e. The molecule has 1 amide bonds. The number of nitrogens with zero attached hydrogens (tertiary/aromatic N) is 2. The second-order valence-corrected chi connectivity index (χ2v) is 4.73. The number of hydrogen-bond acceptors (Lipinski definition) is 4. The second kappa shape index (κ2) is 6.63. The van der Waals surface area contributed by atoms with Gasteiger partial charge in [-0.25, -0.2) is 0 Å². The van der Waals surface area contributed by atoms with Gasteiger partial charge < -0.3 is 15.4 Å². The molecule has 5 nitrogen and oxygen atoms in total. The highest BCUT2D eigenvalue weighted by molar-refractivity contribution is 5.92. The third-order valence-electron chi connectivity index (χ3n) is 3.40. The molecule has 0 radical (unpaired) electrons. The minimum Gasteiger partial charge on any atom is -0.376 e. The van der Waals surface area contributed by atoms with Crippen molar-refractivity contribution in [3.63, 3.8) is 0 Å². The molecule has 2 N–H and O–H groups in total. The van der Waals surface area contributed by atoms with Crippen molar-refractivity contribution < 1.29 is 9.53 Å². The third kappa shape index (κ3) is 3.52. The van der Waals surface area contributed by atoms with Crippen molar-refractivity contribution in [1.82, 2.24) is 9.88 Å². The fraction of sp³-hybridized carbons (Fsp3) is 0.571. The lowest BCUT2D eigenvalue weighted by atomic mass is 10.2. The zero-order chi connectivity index (χ0) is 13.7. The summed E-state index contributed by atoms with van der Waals surface area (Å²) < 4.78 is 5.58. The molecule has 1 atom stereocenters. The van der Waals surface area contributed by atoms with Gasteiger partial charge in [-0.1, -0.05) is 6.07 Å². The van der Waals surface area contributed by atoms with Crippen molar-refractivity contribution >= 4 is 5.91 Å². The van der Waals surface area contributed by atoms with E-state index >= 15 is 0 Å². The molecule has 1 saturated heterocycles. The number of ether oxygens (including phenoxy) is 1. The van der Waals surface area contributed by atoms with Gasteiger partial charge in [-0.15, -0.1) is 0 Å². The molecule has 1 fully saturated rings. The van der Waals surface area contributed by atoms with Crippen LogP contribution in [0.2, 0.25) is 0 Å². The summed E-state index contributed by atoms with van der Waals surface area (Å²) in [5, 5.41) is 0. The van der Waals surface area contributed by atoms with Gasteiger partial charge in [0.15, 0.2) is 0 Å². The van der Waals surface area contributed by atoms with Gasteiger partial charge in [0.2, 0.25) is 0 Å². The fourth-order valence-electron chi connectivity index (χ4n) is 2.22. The normalized spacial score (nSPS) is 18.5. The van der Waals surface area contributed by atoms with Crippen LogP contribution in [0.4, 0.5) is 0 Å². The van der Waals surface area contributed by atoms with Gasteiger partial charge in [-0.05, 0) is 31.4 Å². The summed E-state index contributed by atoms with van der Waals surface area (Å²) in [6.45, 7) is 4.53. The van der Waals surface area contributed by atoms with Gasteiger partial charge in [0.05, 0.1) is 6.10 Å². The van der Waals surface area contributed by atoms with Crippen LogP contribution >= 0.6 is 0 Å². The number of aromatic nitrogens is 1. The first-order valence-corrected chi connectivity index (χ1v) is 6.80. The van der Waals surface area contributed by atoms with E-state index in [0.29, 0.717) is 25.3 Å². The molecule has 0 saturated carbocycles. The SMILES string of the molecule is CCN(CC1CCCO1)C(=O)c1ccc(CN)cn1. The Hall–Kier alpha value is -1.46. The van der Waals surface area contributed by atoms with Crippen LogP contribution in [0.3, 0.4) is 0 Å². The predicted octanol–water partition coefficient (Wildman–Crippen LogP) is 1.18. The van der Waals surface area contributed by atoms with Crippen molar-refractivity contribution in [3.05, 3.63) is 29.6 Å². The summed E-state index contributed by atoms with van der Waals surface area (Å²) in [7, 11) is 0. The molecule has 2 heterocycles. The van der Waals surface area contributed by atoms with E-state index < -0.39 is 0 Å². The van der Waals surface area contributed by atoms with E-state index in [9.17, 15) is 4.79 Å². The van der Waals surface area contributed by atoms with Gasteiger partial charge in [-0.3, -0.25) is 9.78 Å². The zero-order valence-corrected chi connectivity index (χ0v) is 11.3. The Morgan fingerprint density at radius 3 is 2.95 bits per heavy atom. The second-order valence-electron chi connectivity index (χ2n) is 4.73. The highest BCUT2D eigenvalue weighted by Crippen LogP contribution is 2.14. The molecular formula is C14H21N3O2. The molecule has 1 aliphatic heterocycles. The number of hydrogen-bond donors (Lipinski definition) is 1. The highest BCUT2D eigenvalue weighted by Gasteiger charge is 2.22. The lowest BCUT2D eigenvalue weighted by Crippen LogP contribution is -2.37. The van der Waals surface area contributed by atoms with Crippen molar-refractivity contribution in [3.8, 4) is 0 Å². The molecular weight excluding hydrogens is 242 g/mol. The Morgan fingerprint density at radius 1 is 1.58 bits per heavy atom. The van der Waals surface area contributed by atoms with E-state index in [1.165, 1.54) is 0 Å². The Kier molecular flexibility index (Phi) is 4.87. The zero-order valence-electron chi connectivity index (χ0n) is 11.3. The molecule has 0 aromatic carbocycles. The lowest BCUT2D eigenvalue weighted by Gasteiger charge is -2.23. The van der Waals surface area contributed by atoms with Crippen LogP contribution in [-0.4, -0.2) is 41.6 Å². The topological polar surface area (TPSA) is 68.5 Å². The maximum atomic E-state index is 12.3. The average Bonchev–Trinajstić information content (AvgIpc) is 2.97. The molecule has 1 aromatic rings. The maximum Gasteiger partial charge on any atom is 0.272 e. The number of carbonyl (C=O) groups excluding carboxylic acids is 1. The number of rotatable bonds is 5. The fourth-order valence-corrected chi connectivity index (χ4v) is 2.22. The molecule has 1 aromatic heterocycles. The summed E-state index contributed by atoms with van der Waals surface area (Å²) in [5.74, 6) is -0.0402. The van der Waals surface area contributed by atoms with Crippen LogP contribution in [0.15, 0.2) is 18.3 Å². The molecule has 2 rings (SSSR count). The van der Waals surface area contributed by atoms with E-state index in [4.69, 9.17) is 10.5 Å². The molecule has 5 heteroatoms. The van der Waals surface area contributed by atoms with Crippen LogP contribution in [0.25, 0.3) is 0 Å². The molecule has 0 bridgehead atoms. The van der Waals surface area contributed by atoms with Gasteiger partial charge >= 0.3 is 0 Å². The van der Waals surface area contributed by atoms with Gasteiger partial charge in [0.1, 0.15) is 5.69 Å². The summed E-state index contributed by atoms with van der Waals surface area (Å²) in [4.78, 5) is 18.3. The first-order valence-electron chi connectivity index (χ1n) is 6.80. The third-order valence-corrected chi connectivity index (χ3v) is 3.40. The lowest BCUT2D eigenvalue weighted by molar-refractivity contribution is 0.0535. The predicted molar refractivity (Wildman–Crippen MR) is 72.7 cm³/mol. The van der Waals surface area contributed by atoms with Crippen molar-refractivity contribution in [2.45, 2.75) is 32.4 Å². The number of likely N-dealkylation sites (N-methyl/N-ethyl adjacent to an activating group) is 1. The standard InChI is InChI=1S/C14H21N3O2/c1-2-17(10-12-4-3-7-19-12)14(18)13-6-5-11(8-15)9-16-13/h5-6,9,12H,2-4,7-8,10,15H2,1H3. The monoisotopic (exact) mass is 263 g/mol. The van der Waals surface area contributed by atoms with Crippen molar-refractivity contribution in [2.24, 2.45) is 5.73 Å². The Morgan fingerprint density at radius 2 is 2.42 bits per heavy atom. The molecule has 1 aliphatic rings. The highest BCUT2D eigenvalue weighted by atomic mass is 16.5. The smallest absolute Gasteiger partial charge is 0.272 e. The van der Waals surface area contributed by atoms with E-state index in [0.717, 1.165) is 25.0 Å². The molecule has 19 heavy (non-hydrogen) atoms. The summed E-state index contributed by atoms with van der Waals surface area (Å²) in [6.07, 6.45) is 3.95. The van der Waals surface area contributed by atoms with Crippen LogP contribution in [0.5, 0.6) is 0 Å². The Balaban J connectivity index is 2.01. The Bertz CT molecular complexity index is 413. The van der Waals surface area contributed by atoms with Crippen LogP contribution in [0.1, 0.15) is 35.8 Å². The molecule has 1 unspecified atom stereocenters. The minimum absolute atomic E-state index is 0.0402. The number of carbonyl (C=O) groups is 1. The van der Waals surface area contributed by atoms with E-state index in [1.807, 2.05) is 13.0 Å². The first kappa shape index (κ1) is 14.0. The molecule has 0 spiro atoms. The van der Waals surface area contributed by atoms with Crippen LogP contribution in [-0.2, 0) is 11.3 Å². The van der Waals surface area contributed by atoms with E-state index in [1.54, 1.807) is 17.2 Å².